The summed E-state index contributed by atoms with van der Waals surface area (Å²) in [6.07, 6.45) is 6.54. The molecule has 5 heteroatoms. The summed E-state index contributed by atoms with van der Waals surface area (Å²) in [4.78, 5) is 23.0. The van der Waals surface area contributed by atoms with Crippen molar-refractivity contribution in [3.63, 3.8) is 0 Å². The highest BCUT2D eigenvalue weighted by atomic mass is 16.4. The number of carboxylic acid groups (broad SMARTS) is 1. The van der Waals surface area contributed by atoms with Gasteiger partial charge in [0.05, 0.1) is 18.4 Å². The topological polar surface area (TPSA) is 70.0 Å². The van der Waals surface area contributed by atoms with Crippen molar-refractivity contribution in [1.82, 2.24) is 5.01 Å². The summed E-state index contributed by atoms with van der Waals surface area (Å²) in [5.41, 5.74) is 0.645. The summed E-state index contributed by atoms with van der Waals surface area (Å²) in [7, 11) is 0. The molecular weight excluding hydrogens is 232 g/mol. The predicted molar refractivity (Wildman–Crippen MR) is 67.2 cm³/mol. The second-order valence-corrected chi connectivity index (χ2v) is 5.22. The van der Waals surface area contributed by atoms with Gasteiger partial charge in [0.2, 0.25) is 0 Å². The third kappa shape index (κ3) is 2.71. The van der Waals surface area contributed by atoms with E-state index in [1.807, 2.05) is 0 Å². The summed E-state index contributed by atoms with van der Waals surface area (Å²) in [6, 6.07) is 0.175. The van der Waals surface area contributed by atoms with E-state index in [0.717, 1.165) is 25.7 Å². The molecule has 0 bridgehead atoms. The average molecular weight is 252 g/mol. The van der Waals surface area contributed by atoms with Crippen molar-refractivity contribution in [1.29, 1.82) is 0 Å². The van der Waals surface area contributed by atoms with Gasteiger partial charge in [-0.25, -0.2) is 5.01 Å². The van der Waals surface area contributed by atoms with Gasteiger partial charge in [0.1, 0.15) is 0 Å². The fourth-order valence-corrected chi connectivity index (χ4v) is 2.80. The summed E-state index contributed by atoms with van der Waals surface area (Å²) >= 11 is 0. The Morgan fingerprint density at radius 3 is 2.50 bits per heavy atom. The highest BCUT2D eigenvalue weighted by Gasteiger charge is 2.38. The number of carbonyl (C=O) groups is 2. The smallest absolute Gasteiger partial charge is 0.304 e. The van der Waals surface area contributed by atoms with E-state index in [0.29, 0.717) is 5.71 Å². The van der Waals surface area contributed by atoms with Gasteiger partial charge in [0.15, 0.2) is 0 Å². The second kappa shape index (κ2) is 5.50. The van der Waals surface area contributed by atoms with Crippen LogP contribution in [-0.4, -0.2) is 33.7 Å². The molecule has 1 saturated carbocycles. The zero-order valence-corrected chi connectivity index (χ0v) is 10.8. The summed E-state index contributed by atoms with van der Waals surface area (Å²) < 4.78 is 0. The molecule has 1 unspecified atom stereocenters. The fourth-order valence-electron chi connectivity index (χ4n) is 2.80. The van der Waals surface area contributed by atoms with E-state index in [9.17, 15) is 9.59 Å². The number of hydrogen-bond donors (Lipinski definition) is 1. The number of hydrogen-bond acceptors (Lipinski definition) is 3. The van der Waals surface area contributed by atoms with Crippen LogP contribution in [0.4, 0.5) is 0 Å². The van der Waals surface area contributed by atoms with E-state index in [2.05, 4.69) is 5.10 Å². The Morgan fingerprint density at radius 1 is 1.33 bits per heavy atom. The maximum Gasteiger partial charge on any atom is 0.304 e. The van der Waals surface area contributed by atoms with Crippen LogP contribution in [0.1, 0.15) is 51.9 Å². The molecule has 2 aliphatic rings. The van der Waals surface area contributed by atoms with Gasteiger partial charge >= 0.3 is 5.97 Å². The Kier molecular flexibility index (Phi) is 3.99. The highest BCUT2D eigenvalue weighted by Crippen LogP contribution is 2.28. The SMILES string of the molecule is CC1=NN(C2CCCCCC2)C(=O)C1CC(=O)O. The molecule has 0 aromatic carbocycles. The molecule has 0 spiro atoms. The average Bonchev–Trinajstić information content (AvgIpc) is 2.56. The molecular formula is C13H20N2O3. The van der Waals surface area contributed by atoms with Crippen LogP contribution in [0.15, 0.2) is 5.10 Å². The van der Waals surface area contributed by atoms with E-state index in [-0.39, 0.29) is 18.4 Å². The lowest BCUT2D eigenvalue weighted by molar-refractivity contribution is -0.142. The third-order valence-electron chi connectivity index (χ3n) is 3.84. The summed E-state index contributed by atoms with van der Waals surface area (Å²) in [5, 5.41) is 14.7. The molecule has 1 N–H and O–H groups in total. The van der Waals surface area contributed by atoms with Crippen molar-refractivity contribution < 1.29 is 14.7 Å². The maximum absolute atomic E-state index is 12.2. The van der Waals surface area contributed by atoms with Crippen LogP contribution in [-0.2, 0) is 9.59 Å². The fraction of sp³-hybridized carbons (Fsp3) is 0.769. The molecule has 1 aliphatic carbocycles. The molecule has 1 heterocycles. The monoisotopic (exact) mass is 252 g/mol. The van der Waals surface area contributed by atoms with Gasteiger partial charge in [-0.15, -0.1) is 0 Å². The van der Waals surface area contributed by atoms with Crippen LogP contribution >= 0.6 is 0 Å². The lowest BCUT2D eigenvalue weighted by Crippen LogP contribution is -2.36. The van der Waals surface area contributed by atoms with Gasteiger partial charge in [-0.2, -0.15) is 5.10 Å². The quantitative estimate of drug-likeness (QED) is 0.781. The number of hydrazone groups is 1. The lowest BCUT2D eigenvalue weighted by atomic mass is 9.99. The van der Waals surface area contributed by atoms with Gasteiger partial charge in [-0.05, 0) is 19.8 Å². The number of nitrogens with zero attached hydrogens (tertiary/aromatic N) is 2. The zero-order chi connectivity index (χ0) is 13.1. The Hall–Kier alpha value is -1.39. The minimum Gasteiger partial charge on any atom is -0.481 e. The molecule has 100 valence electrons. The highest BCUT2D eigenvalue weighted by molar-refractivity contribution is 6.08. The molecule has 18 heavy (non-hydrogen) atoms. The summed E-state index contributed by atoms with van der Waals surface area (Å²) in [6.45, 7) is 1.75. The molecule has 0 radical (unpaired) electrons. The molecule has 5 nitrogen and oxygen atoms in total. The van der Waals surface area contributed by atoms with Crippen LogP contribution in [0.2, 0.25) is 0 Å². The Labute approximate surface area is 107 Å². The molecule has 0 aromatic rings. The first-order valence-corrected chi connectivity index (χ1v) is 6.69. The minimum atomic E-state index is -0.939. The first-order chi connectivity index (χ1) is 8.59. The molecule has 1 fully saturated rings. The Morgan fingerprint density at radius 2 is 1.94 bits per heavy atom. The predicted octanol–water partition coefficient (Wildman–Crippen LogP) is 2.02. The molecule has 1 amide bonds. The van der Waals surface area contributed by atoms with Gasteiger partial charge in [-0.3, -0.25) is 9.59 Å². The number of carbonyl (C=O) groups excluding carboxylic acids is 1. The van der Waals surface area contributed by atoms with Crippen molar-refractivity contribution in [2.75, 3.05) is 0 Å². The number of amides is 1. The van der Waals surface area contributed by atoms with E-state index < -0.39 is 11.9 Å². The van der Waals surface area contributed by atoms with Crippen molar-refractivity contribution in [3.8, 4) is 0 Å². The normalized spacial score (nSPS) is 26.1. The van der Waals surface area contributed by atoms with Gasteiger partial charge in [-0.1, -0.05) is 25.7 Å². The van der Waals surface area contributed by atoms with Crippen LogP contribution in [0.25, 0.3) is 0 Å². The third-order valence-corrected chi connectivity index (χ3v) is 3.84. The van der Waals surface area contributed by atoms with Crippen LogP contribution in [0.5, 0.6) is 0 Å². The van der Waals surface area contributed by atoms with Crippen molar-refractivity contribution in [3.05, 3.63) is 0 Å². The summed E-state index contributed by atoms with van der Waals surface area (Å²) in [5.74, 6) is -1.61. The van der Waals surface area contributed by atoms with Crippen molar-refractivity contribution >= 4 is 17.6 Å². The van der Waals surface area contributed by atoms with Crippen molar-refractivity contribution in [2.24, 2.45) is 11.0 Å². The number of carboxylic acids is 1. The molecule has 0 aromatic heterocycles. The molecule has 0 saturated heterocycles. The van der Waals surface area contributed by atoms with Gasteiger partial charge in [0, 0.05) is 5.71 Å². The maximum atomic E-state index is 12.2. The lowest BCUT2D eigenvalue weighted by Gasteiger charge is -2.23. The van der Waals surface area contributed by atoms with E-state index in [4.69, 9.17) is 5.11 Å². The second-order valence-electron chi connectivity index (χ2n) is 5.22. The van der Waals surface area contributed by atoms with Crippen LogP contribution in [0, 0.1) is 5.92 Å². The Bertz CT molecular complexity index is 370. The molecule has 1 aliphatic heterocycles. The number of aliphatic carboxylic acids is 1. The standard InChI is InChI=1S/C13H20N2O3/c1-9-11(8-12(16)17)13(18)15(14-9)10-6-4-2-3-5-7-10/h10-11H,2-8H2,1H3,(H,16,17). The molecule has 1 atom stereocenters. The van der Waals surface area contributed by atoms with Crippen LogP contribution < -0.4 is 0 Å². The zero-order valence-electron chi connectivity index (χ0n) is 10.8. The Balaban J connectivity index is 2.06. The molecule has 2 rings (SSSR count). The van der Waals surface area contributed by atoms with E-state index in [1.165, 1.54) is 12.8 Å². The largest absolute Gasteiger partial charge is 0.481 e. The number of rotatable bonds is 3. The minimum absolute atomic E-state index is 0.123. The first-order valence-electron chi connectivity index (χ1n) is 6.69. The first kappa shape index (κ1) is 13.1. The van der Waals surface area contributed by atoms with E-state index >= 15 is 0 Å². The van der Waals surface area contributed by atoms with E-state index in [1.54, 1.807) is 11.9 Å². The van der Waals surface area contributed by atoms with Crippen LogP contribution in [0.3, 0.4) is 0 Å². The van der Waals surface area contributed by atoms with Crippen molar-refractivity contribution in [2.45, 2.75) is 57.9 Å². The van der Waals surface area contributed by atoms with Gasteiger partial charge in [0.25, 0.3) is 5.91 Å². The van der Waals surface area contributed by atoms with Gasteiger partial charge < -0.3 is 5.11 Å².